The summed E-state index contributed by atoms with van der Waals surface area (Å²) in [5.41, 5.74) is 15.6. The number of carbonyl (C=O) groups is 1. The van der Waals surface area contributed by atoms with Crippen LogP contribution < -0.4 is 17.2 Å². The van der Waals surface area contributed by atoms with Crippen LogP contribution in [0.3, 0.4) is 0 Å². The summed E-state index contributed by atoms with van der Waals surface area (Å²) in [5.74, 6) is -1.03. The first-order valence-electron chi connectivity index (χ1n) is 4.63. The van der Waals surface area contributed by atoms with Crippen LogP contribution in [0.4, 0.5) is 0 Å². The van der Waals surface area contributed by atoms with Gasteiger partial charge in [-0.25, -0.2) is 4.79 Å². The number of hydrogen-bond acceptors (Lipinski definition) is 7. The molecule has 17 heavy (non-hydrogen) atoms. The third-order valence-corrected chi connectivity index (χ3v) is 1.83. The van der Waals surface area contributed by atoms with Crippen molar-refractivity contribution in [3.8, 4) is 0 Å². The van der Waals surface area contributed by atoms with E-state index < -0.39 is 22.1 Å². The highest BCUT2D eigenvalue weighted by atomic mass is 32.2. The van der Waals surface area contributed by atoms with E-state index >= 15 is 0 Å². The van der Waals surface area contributed by atoms with Crippen LogP contribution in [0, 0.1) is 0 Å². The van der Waals surface area contributed by atoms with Crippen LogP contribution in [-0.2, 0) is 24.1 Å². The van der Waals surface area contributed by atoms with Crippen molar-refractivity contribution in [2.45, 2.75) is 18.9 Å². The van der Waals surface area contributed by atoms with Crippen LogP contribution >= 0.6 is 0 Å². The smallest absolute Gasteiger partial charge is 0.360 e. The Bertz CT molecular complexity index is 376. The van der Waals surface area contributed by atoms with Gasteiger partial charge < -0.3 is 17.2 Å². The molecule has 0 amide bonds. The van der Waals surface area contributed by atoms with Gasteiger partial charge in [0.2, 0.25) is 0 Å². The van der Waals surface area contributed by atoms with Gasteiger partial charge in [0.15, 0.2) is 5.96 Å². The Labute approximate surface area is 99.0 Å². The largest absolute Gasteiger partial charge is 0.370 e. The summed E-state index contributed by atoms with van der Waals surface area (Å²) < 4.78 is 24.8. The minimum atomic E-state index is -3.84. The van der Waals surface area contributed by atoms with Crippen molar-refractivity contribution in [1.82, 2.24) is 0 Å². The maximum absolute atomic E-state index is 11.1. The summed E-state index contributed by atoms with van der Waals surface area (Å²) >= 11 is 0. The highest BCUT2D eigenvalue weighted by molar-refractivity contribution is 7.85. The molecule has 0 bridgehead atoms. The fourth-order valence-corrected chi connectivity index (χ4v) is 0.985. The lowest BCUT2D eigenvalue weighted by molar-refractivity contribution is -0.212. The van der Waals surface area contributed by atoms with Gasteiger partial charge in [0.1, 0.15) is 6.04 Å². The quantitative estimate of drug-likeness (QED) is 0.154. The molecular weight excluding hydrogens is 252 g/mol. The van der Waals surface area contributed by atoms with E-state index in [1.807, 2.05) is 0 Å². The van der Waals surface area contributed by atoms with E-state index in [0.717, 1.165) is 6.26 Å². The van der Waals surface area contributed by atoms with Crippen molar-refractivity contribution < 1.29 is 22.4 Å². The van der Waals surface area contributed by atoms with Crippen molar-refractivity contribution in [2.24, 2.45) is 22.2 Å². The van der Waals surface area contributed by atoms with Gasteiger partial charge in [0.05, 0.1) is 6.26 Å². The highest BCUT2D eigenvalue weighted by Crippen LogP contribution is 1.99. The molecule has 1 unspecified atom stereocenters. The minimum Gasteiger partial charge on any atom is -0.370 e. The van der Waals surface area contributed by atoms with Crippen molar-refractivity contribution in [1.29, 1.82) is 0 Å². The van der Waals surface area contributed by atoms with E-state index in [-0.39, 0.29) is 12.4 Å². The molecule has 0 spiro atoms. The standard InChI is InChI=1S/C7H16N4O5S/c1-17(13,14)16-15-6(12)5(8)3-2-4-11-7(9)10/h5H,2-4,8H2,1H3,(H4,9,10,11). The molecule has 0 aromatic heterocycles. The van der Waals surface area contributed by atoms with Crippen LogP contribution in [-0.4, -0.2) is 39.2 Å². The molecular formula is C7H16N4O5S. The van der Waals surface area contributed by atoms with Gasteiger partial charge in [-0.2, -0.15) is 8.42 Å². The summed E-state index contributed by atoms with van der Waals surface area (Å²) in [6.45, 7) is 0.316. The SMILES string of the molecule is CS(=O)(=O)OOC(=O)C(N)CCCN=C(N)N. The van der Waals surface area contributed by atoms with Crippen LogP contribution in [0.5, 0.6) is 0 Å². The van der Waals surface area contributed by atoms with Gasteiger partial charge in [-0.05, 0) is 12.8 Å². The number of nitrogens with two attached hydrogens (primary N) is 3. The molecule has 0 aromatic rings. The third kappa shape index (κ3) is 9.53. The van der Waals surface area contributed by atoms with Gasteiger partial charge in [-0.15, -0.1) is 0 Å². The van der Waals surface area contributed by atoms with Gasteiger partial charge in [-0.3, -0.25) is 9.88 Å². The number of aliphatic imine (C=N–C) groups is 1. The second kappa shape index (κ2) is 7.04. The number of hydrogen-bond donors (Lipinski definition) is 3. The zero-order chi connectivity index (χ0) is 13.5. The predicted octanol–water partition coefficient (Wildman–Crippen LogP) is -2.20. The number of carbonyl (C=O) groups excluding carboxylic acids is 1. The number of rotatable bonds is 7. The van der Waals surface area contributed by atoms with Gasteiger partial charge in [0.25, 0.3) is 10.1 Å². The zero-order valence-electron chi connectivity index (χ0n) is 9.33. The third-order valence-electron chi connectivity index (χ3n) is 1.51. The summed E-state index contributed by atoms with van der Waals surface area (Å²) in [5, 5.41) is 0. The first-order valence-corrected chi connectivity index (χ1v) is 6.45. The molecule has 0 saturated carbocycles. The van der Waals surface area contributed by atoms with E-state index in [0.29, 0.717) is 13.0 Å². The lowest BCUT2D eigenvalue weighted by Gasteiger charge is -2.08. The Kier molecular flexibility index (Phi) is 6.46. The molecule has 100 valence electrons. The Morgan fingerprint density at radius 2 is 2.00 bits per heavy atom. The molecule has 10 heteroatoms. The van der Waals surface area contributed by atoms with E-state index in [1.165, 1.54) is 0 Å². The fourth-order valence-electron chi connectivity index (χ4n) is 0.794. The molecule has 1 atom stereocenters. The average molecular weight is 268 g/mol. The molecule has 0 aromatic carbocycles. The number of guanidine groups is 1. The Morgan fingerprint density at radius 3 is 2.47 bits per heavy atom. The molecule has 0 fully saturated rings. The Hall–Kier alpha value is -1.39. The van der Waals surface area contributed by atoms with Crippen LogP contribution in [0.1, 0.15) is 12.8 Å². The summed E-state index contributed by atoms with van der Waals surface area (Å²) in [6.07, 6.45) is 1.43. The Morgan fingerprint density at radius 1 is 1.41 bits per heavy atom. The van der Waals surface area contributed by atoms with Crippen molar-refractivity contribution in [3.05, 3.63) is 0 Å². The average Bonchev–Trinajstić information content (AvgIpc) is 2.19. The first kappa shape index (κ1) is 15.6. The van der Waals surface area contributed by atoms with E-state index in [2.05, 4.69) is 14.2 Å². The predicted molar refractivity (Wildman–Crippen MR) is 59.9 cm³/mol. The molecule has 0 heterocycles. The normalized spacial score (nSPS) is 12.8. The Balaban J connectivity index is 3.87. The molecule has 0 aliphatic rings. The van der Waals surface area contributed by atoms with E-state index in [1.54, 1.807) is 0 Å². The van der Waals surface area contributed by atoms with E-state index in [4.69, 9.17) is 17.2 Å². The molecule has 0 saturated heterocycles. The molecule has 0 rings (SSSR count). The highest BCUT2D eigenvalue weighted by Gasteiger charge is 2.18. The van der Waals surface area contributed by atoms with Gasteiger partial charge in [-0.1, -0.05) is 4.33 Å². The summed E-state index contributed by atoms with van der Waals surface area (Å²) in [4.78, 5) is 18.8. The maximum atomic E-state index is 11.1. The fraction of sp³-hybridized carbons (Fsp3) is 0.714. The first-order chi connectivity index (χ1) is 7.72. The van der Waals surface area contributed by atoms with Crippen LogP contribution in [0.25, 0.3) is 0 Å². The topological polar surface area (TPSA) is 160 Å². The van der Waals surface area contributed by atoms with Gasteiger partial charge in [0, 0.05) is 6.54 Å². The molecule has 9 nitrogen and oxygen atoms in total. The van der Waals surface area contributed by atoms with Gasteiger partial charge >= 0.3 is 5.97 Å². The van der Waals surface area contributed by atoms with Crippen molar-refractivity contribution in [2.75, 3.05) is 12.8 Å². The number of nitrogens with zero attached hydrogens (tertiary/aromatic N) is 1. The van der Waals surface area contributed by atoms with Crippen molar-refractivity contribution in [3.63, 3.8) is 0 Å². The molecule has 0 aliphatic heterocycles. The summed E-state index contributed by atoms with van der Waals surface area (Å²) in [7, 11) is -3.84. The lowest BCUT2D eigenvalue weighted by Crippen LogP contribution is -2.33. The van der Waals surface area contributed by atoms with Crippen LogP contribution in [0.2, 0.25) is 0 Å². The molecule has 0 aliphatic carbocycles. The minimum absolute atomic E-state index is 0.0541. The summed E-state index contributed by atoms with van der Waals surface area (Å²) in [6, 6.07) is -0.994. The molecule has 6 N–H and O–H groups in total. The monoisotopic (exact) mass is 268 g/mol. The lowest BCUT2D eigenvalue weighted by atomic mass is 10.2. The second-order valence-electron chi connectivity index (χ2n) is 3.23. The van der Waals surface area contributed by atoms with Crippen LogP contribution in [0.15, 0.2) is 4.99 Å². The zero-order valence-corrected chi connectivity index (χ0v) is 10.1. The van der Waals surface area contributed by atoms with Crippen molar-refractivity contribution >= 4 is 22.0 Å². The van der Waals surface area contributed by atoms with E-state index in [9.17, 15) is 13.2 Å². The maximum Gasteiger partial charge on any atom is 0.360 e. The molecule has 0 radical (unpaired) electrons. The second-order valence-corrected chi connectivity index (χ2v) is 4.77.